The highest BCUT2D eigenvalue weighted by Gasteiger charge is 2.21. The molecule has 10 heteroatoms. The third-order valence-corrected chi connectivity index (χ3v) is 7.11. The first kappa shape index (κ1) is 20.2. The molecule has 0 saturated heterocycles. The Morgan fingerprint density at radius 1 is 1.14 bits per heavy atom. The van der Waals surface area contributed by atoms with Crippen molar-refractivity contribution in [1.29, 1.82) is 0 Å². The Kier molecular flexibility index (Phi) is 5.92. The quantitative estimate of drug-likeness (QED) is 0.571. The summed E-state index contributed by atoms with van der Waals surface area (Å²) >= 11 is 1.20. The number of carbonyl (C=O) groups excluding carboxylic acids is 1. The molecule has 2 N–H and O–H groups in total. The SMILES string of the molecule is CCN(CC)S(=O)(=O)c1ccc(C(=O)NNc2nc3c(F)cccc3s2)cc1. The molecule has 1 aromatic heterocycles. The van der Waals surface area contributed by atoms with Gasteiger partial charge in [-0.25, -0.2) is 17.8 Å². The van der Waals surface area contributed by atoms with Gasteiger partial charge in [0.25, 0.3) is 5.91 Å². The number of sulfonamides is 1. The van der Waals surface area contributed by atoms with E-state index in [1.54, 1.807) is 26.0 Å². The van der Waals surface area contributed by atoms with Crippen molar-refractivity contribution in [3.05, 3.63) is 53.8 Å². The summed E-state index contributed by atoms with van der Waals surface area (Å²) in [5, 5.41) is 0.342. The van der Waals surface area contributed by atoms with Crippen molar-refractivity contribution in [3.8, 4) is 0 Å². The normalized spacial score (nSPS) is 11.7. The van der Waals surface area contributed by atoms with Crippen LogP contribution >= 0.6 is 11.3 Å². The van der Waals surface area contributed by atoms with Crippen molar-refractivity contribution in [2.45, 2.75) is 18.7 Å². The highest BCUT2D eigenvalue weighted by molar-refractivity contribution is 7.89. The van der Waals surface area contributed by atoms with E-state index in [1.165, 1.54) is 46.0 Å². The molecular formula is C18H19FN4O3S2. The molecule has 0 aliphatic heterocycles. The van der Waals surface area contributed by atoms with E-state index in [1.807, 2.05) is 0 Å². The fourth-order valence-corrected chi connectivity index (χ4v) is 4.93. The average Bonchev–Trinajstić information content (AvgIpc) is 3.11. The lowest BCUT2D eigenvalue weighted by Crippen LogP contribution is -2.31. The fourth-order valence-electron chi connectivity index (χ4n) is 2.64. The van der Waals surface area contributed by atoms with Crippen molar-refractivity contribution in [2.75, 3.05) is 18.5 Å². The van der Waals surface area contributed by atoms with Gasteiger partial charge < -0.3 is 0 Å². The summed E-state index contributed by atoms with van der Waals surface area (Å²) in [6.07, 6.45) is 0. The molecule has 28 heavy (non-hydrogen) atoms. The number of thiazole rings is 1. The first-order valence-corrected chi connectivity index (χ1v) is 10.8. The Bertz CT molecular complexity index is 1090. The zero-order chi connectivity index (χ0) is 20.3. The molecule has 2 aromatic carbocycles. The second-order valence-electron chi connectivity index (χ2n) is 5.80. The van der Waals surface area contributed by atoms with Crippen molar-refractivity contribution >= 4 is 42.6 Å². The Morgan fingerprint density at radius 3 is 2.43 bits per heavy atom. The maximum absolute atomic E-state index is 13.7. The highest BCUT2D eigenvalue weighted by Crippen LogP contribution is 2.27. The van der Waals surface area contributed by atoms with Crippen LogP contribution in [0.4, 0.5) is 9.52 Å². The van der Waals surface area contributed by atoms with Gasteiger partial charge in [-0.2, -0.15) is 4.31 Å². The molecule has 0 unspecified atom stereocenters. The summed E-state index contributed by atoms with van der Waals surface area (Å²) in [6.45, 7) is 4.27. The van der Waals surface area contributed by atoms with Crippen LogP contribution in [0.15, 0.2) is 47.4 Å². The van der Waals surface area contributed by atoms with E-state index < -0.39 is 21.7 Å². The van der Waals surface area contributed by atoms with Gasteiger partial charge in [0, 0.05) is 18.7 Å². The zero-order valence-corrected chi connectivity index (χ0v) is 16.9. The standard InChI is InChI=1S/C18H19FN4O3S2/c1-3-23(4-2)28(25,26)13-10-8-12(9-11-13)17(24)21-22-18-20-16-14(19)6-5-7-15(16)27-18/h5-11H,3-4H2,1-2H3,(H,20,22)(H,21,24). The van der Waals surface area contributed by atoms with Gasteiger partial charge in [0.15, 0.2) is 0 Å². The molecule has 1 amide bonds. The molecule has 3 rings (SSSR count). The number of halogens is 1. The minimum Gasteiger partial charge on any atom is -0.273 e. The molecule has 0 atom stereocenters. The van der Waals surface area contributed by atoms with Crippen LogP contribution < -0.4 is 10.9 Å². The maximum Gasteiger partial charge on any atom is 0.269 e. The van der Waals surface area contributed by atoms with Crippen LogP contribution in [0.25, 0.3) is 10.2 Å². The second kappa shape index (κ2) is 8.21. The topological polar surface area (TPSA) is 91.4 Å². The predicted molar refractivity (Wildman–Crippen MR) is 107 cm³/mol. The van der Waals surface area contributed by atoms with E-state index >= 15 is 0 Å². The Labute approximate surface area is 166 Å². The van der Waals surface area contributed by atoms with Crippen molar-refractivity contribution < 1.29 is 17.6 Å². The van der Waals surface area contributed by atoms with Gasteiger partial charge >= 0.3 is 0 Å². The van der Waals surface area contributed by atoms with Gasteiger partial charge in [-0.15, -0.1) is 0 Å². The largest absolute Gasteiger partial charge is 0.273 e. The number of carbonyl (C=O) groups is 1. The average molecular weight is 423 g/mol. The van der Waals surface area contributed by atoms with E-state index in [2.05, 4.69) is 15.8 Å². The van der Waals surface area contributed by atoms with Crippen LogP contribution in [0.2, 0.25) is 0 Å². The second-order valence-corrected chi connectivity index (χ2v) is 8.77. The van der Waals surface area contributed by atoms with Crippen molar-refractivity contribution in [2.24, 2.45) is 0 Å². The first-order valence-electron chi connectivity index (χ1n) is 8.58. The molecule has 0 aliphatic rings. The van der Waals surface area contributed by atoms with E-state index in [9.17, 15) is 17.6 Å². The Balaban J connectivity index is 1.70. The Hall–Kier alpha value is -2.56. The molecule has 0 bridgehead atoms. The molecule has 0 fully saturated rings. The molecule has 3 aromatic rings. The van der Waals surface area contributed by atoms with Gasteiger partial charge in [-0.05, 0) is 36.4 Å². The highest BCUT2D eigenvalue weighted by atomic mass is 32.2. The number of fused-ring (bicyclic) bond motifs is 1. The maximum atomic E-state index is 13.7. The molecule has 0 saturated carbocycles. The molecule has 0 aliphatic carbocycles. The summed E-state index contributed by atoms with van der Waals surface area (Å²) < 4.78 is 40.6. The summed E-state index contributed by atoms with van der Waals surface area (Å²) in [4.78, 5) is 16.5. The monoisotopic (exact) mass is 422 g/mol. The minimum atomic E-state index is -3.58. The number of aromatic nitrogens is 1. The number of benzene rings is 2. The number of hydrogen-bond acceptors (Lipinski definition) is 6. The number of amides is 1. The first-order chi connectivity index (χ1) is 13.4. The van der Waals surface area contributed by atoms with Crippen LogP contribution in [0, 0.1) is 5.82 Å². The molecule has 1 heterocycles. The van der Waals surface area contributed by atoms with Crippen molar-refractivity contribution in [3.63, 3.8) is 0 Å². The van der Waals surface area contributed by atoms with Crippen LogP contribution in [-0.4, -0.2) is 36.7 Å². The van der Waals surface area contributed by atoms with E-state index in [0.717, 1.165) is 0 Å². The van der Waals surface area contributed by atoms with Gasteiger partial charge in [0.2, 0.25) is 15.2 Å². The summed E-state index contributed by atoms with van der Waals surface area (Å²) in [6, 6.07) is 10.3. The van der Waals surface area contributed by atoms with Crippen LogP contribution in [0.1, 0.15) is 24.2 Å². The number of anilines is 1. The molecular weight excluding hydrogens is 403 g/mol. The minimum absolute atomic E-state index is 0.127. The van der Waals surface area contributed by atoms with Crippen LogP contribution in [0.3, 0.4) is 0 Å². The van der Waals surface area contributed by atoms with Gasteiger partial charge in [-0.3, -0.25) is 15.6 Å². The zero-order valence-electron chi connectivity index (χ0n) is 15.3. The lowest BCUT2D eigenvalue weighted by Gasteiger charge is -2.18. The summed E-state index contributed by atoms with van der Waals surface area (Å²) in [5.41, 5.74) is 5.64. The number of nitrogens with one attached hydrogen (secondary N) is 2. The molecule has 7 nitrogen and oxygen atoms in total. The van der Waals surface area contributed by atoms with E-state index in [4.69, 9.17) is 0 Å². The number of para-hydroxylation sites is 1. The fraction of sp³-hybridized carbons (Fsp3) is 0.222. The van der Waals surface area contributed by atoms with Crippen LogP contribution in [0.5, 0.6) is 0 Å². The molecule has 0 radical (unpaired) electrons. The number of hydrogen-bond donors (Lipinski definition) is 2. The van der Waals surface area contributed by atoms with E-state index in [0.29, 0.717) is 22.9 Å². The van der Waals surface area contributed by atoms with Crippen molar-refractivity contribution in [1.82, 2.24) is 14.7 Å². The van der Waals surface area contributed by atoms with Gasteiger partial charge in [-0.1, -0.05) is 31.3 Å². The third kappa shape index (κ3) is 3.98. The number of rotatable bonds is 7. The smallest absolute Gasteiger partial charge is 0.269 e. The predicted octanol–water partition coefficient (Wildman–Crippen LogP) is 3.22. The third-order valence-electron chi connectivity index (χ3n) is 4.11. The number of hydrazine groups is 1. The summed E-state index contributed by atoms with van der Waals surface area (Å²) in [7, 11) is -3.58. The van der Waals surface area contributed by atoms with Crippen LogP contribution in [-0.2, 0) is 10.0 Å². The summed E-state index contributed by atoms with van der Waals surface area (Å²) in [5.74, 6) is -0.898. The molecule has 0 spiro atoms. The lowest BCUT2D eigenvalue weighted by molar-refractivity contribution is 0.0962. The Morgan fingerprint density at radius 2 is 1.82 bits per heavy atom. The lowest BCUT2D eigenvalue weighted by atomic mass is 10.2. The van der Waals surface area contributed by atoms with E-state index in [-0.39, 0.29) is 16.0 Å². The number of nitrogens with zero attached hydrogens (tertiary/aromatic N) is 2. The van der Waals surface area contributed by atoms with Gasteiger partial charge in [0.05, 0.1) is 9.60 Å². The van der Waals surface area contributed by atoms with Gasteiger partial charge in [0.1, 0.15) is 11.3 Å². The molecule has 148 valence electrons.